The van der Waals surface area contributed by atoms with Crippen molar-refractivity contribution in [3.63, 3.8) is 0 Å². The average molecular weight is 388 g/mol. The molecule has 0 atom stereocenters. The van der Waals surface area contributed by atoms with Gasteiger partial charge in [-0.1, -0.05) is 12.1 Å². The smallest absolute Gasteiger partial charge is 0.251 e. The number of hydrogen-bond acceptors (Lipinski definition) is 2. The van der Waals surface area contributed by atoms with Crippen molar-refractivity contribution in [2.24, 2.45) is 4.99 Å². The summed E-state index contributed by atoms with van der Waals surface area (Å²) in [7, 11) is 1.59. The second-order valence-corrected chi connectivity index (χ2v) is 7.42. The molecule has 150 valence electrons. The van der Waals surface area contributed by atoms with E-state index >= 15 is 0 Å². The largest absolute Gasteiger partial charge is 0.352 e. The highest BCUT2D eigenvalue weighted by atomic mass is 19.1. The Balaban J connectivity index is 1.95. The number of amides is 1. The fourth-order valence-electron chi connectivity index (χ4n) is 2.50. The summed E-state index contributed by atoms with van der Waals surface area (Å²) in [5.41, 5.74) is 1.35. The molecule has 0 bridgehead atoms. The van der Waals surface area contributed by atoms with E-state index in [0.29, 0.717) is 18.1 Å². The number of nitrogens with one attached hydrogen (secondary N) is 3. The molecule has 0 heterocycles. The molecule has 28 heavy (non-hydrogen) atoms. The van der Waals surface area contributed by atoms with Crippen LogP contribution in [0.3, 0.4) is 0 Å². The zero-order chi connectivity index (χ0) is 20.7. The lowest BCUT2D eigenvalue weighted by Crippen LogP contribution is -2.40. The van der Waals surface area contributed by atoms with E-state index in [4.69, 9.17) is 0 Å². The van der Waals surface area contributed by atoms with E-state index in [9.17, 15) is 13.6 Å². The van der Waals surface area contributed by atoms with Crippen LogP contribution in [0, 0.1) is 11.6 Å². The highest BCUT2D eigenvalue weighted by Gasteiger charge is 2.15. The van der Waals surface area contributed by atoms with Gasteiger partial charge in [0.1, 0.15) is 11.6 Å². The molecule has 2 aromatic carbocycles. The van der Waals surface area contributed by atoms with Gasteiger partial charge in [-0.25, -0.2) is 8.78 Å². The second-order valence-electron chi connectivity index (χ2n) is 7.42. The number of nitrogens with zero attached hydrogens (tertiary/aromatic N) is 1. The normalized spacial score (nSPS) is 11.9. The number of guanidine groups is 1. The number of aliphatic imine (C=N–C) groups is 1. The van der Waals surface area contributed by atoms with Crippen LogP contribution in [0.4, 0.5) is 8.78 Å². The van der Waals surface area contributed by atoms with Gasteiger partial charge >= 0.3 is 0 Å². The van der Waals surface area contributed by atoms with Crippen LogP contribution in [0.2, 0.25) is 0 Å². The average Bonchev–Trinajstić information content (AvgIpc) is 2.63. The molecule has 0 radical (unpaired) electrons. The van der Waals surface area contributed by atoms with Gasteiger partial charge in [0.05, 0.1) is 0 Å². The van der Waals surface area contributed by atoms with Gasteiger partial charge in [0.25, 0.3) is 5.91 Å². The Morgan fingerprint density at radius 3 is 2.43 bits per heavy atom. The summed E-state index contributed by atoms with van der Waals surface area (Å²) in [5, 5.41) is 8.97. The first kappa shape index (κ1) is 21.3. The van der Waals surface area contributed by atoms with Crippen molar-refractivity contribution < 1.29 is 13.6 Å². The van der Waals surface area contributed by atoms with Crippen LogP contribution in [-0.2, 0) is 13.1 Å². The van der Waals surface area contributed by atoms with Crippen molar-refractivity contribution in [2.75, 3.05) is 7.05 Å². The first-order valence-electron chi connectivity index (χ1n) is 8.98. The maximum atomic E-state index is 13.7. The van der Waals surface area contributed by atoms with Crippen LogP contribution in [0.1, 0.15) is 42.3 Å². The van der Waals surface area contributed by atoms with Crippen molar-refractivity contribution in [2.45, 2.75) is 39.4 Å². The molecule has 0 aliphatic carbocycles. The predicted molar refractivity (Wildman–Crippen MR) is 107 cm³/mol. The van der Waals surface area contributed by atoms with E-state index < -0.39 is 11.6 Å². The number of benzene rings is 2. The van der Waals surface area contributed by atoms with Gasteiger partial charge in [-0.15, -0.1) is 0 Å². The SMILES string of the molecule is CN=C(NCc1cccc(C(=O)NC(C)(C)C)c1)NCc1cc(F)ccc1F. The van der Waals surface area contributed by atoms with E-state index in [1.807, 2.05) is 32.9 Å². The Morgan fingerprint density at radius 2 is 1.75 bits per heavy atom. The number of halogens is 2. The van der Waals surface area contributed by atoms with Gasteiger partial charge in [0.2, 0.25) is 0 Å². The summed E-state index contributed by atoms with van der Waals surface area (Å²) in [6.45, 7) is 6.29. The molecule has 0 unspecified atom stereocenters. The molecule has 5 nitrogen and oxygen atoms in total. The maximum absolute atomic E-state index is 13.7. The van der Waals surface area contributed by atoms with E-state index in [0.717, 1.165) is 23.8 Å². The summed E-state index contributed by atoms with van der Waals surface area (Å²) in [6, 6.07) is 10.6. The maximum Gasteiger partial charge on any atom is 0.251 e. The van der Waals surface area contributed by atoms with E-state index in [-0.39, 0.29) is 23.6 Å². The van der Waals surface area contributed by atoms with Crippen LogP contribution in [0.25, 0.3) is 0 Å². The summed E-state index contributed by atoms with van der Waals surface area (Å²) in [4.78, 5) is 16.4. The fourth-order valence-corrected chi connectivity index (χ4v) is 2.50. The van der Waals surface area contributed by atoms with Crippen molar-refractivity contribution >= 4 is 11.9 Å². The minimum Gasteiger partial charge on any atom is -0.352 e. The Hall–Kier alpha value is -2.96. The molecule has 0 spiro atoms. The highest BCUT2D eigenvalue weighted by molar-refractivity contribution is 5.94. The zero-order valence-corrected chi connectivity index (χ0v) is 16.6. The van der Waals surface area contributed by atoms with Crippen LogP contribution >= 0.6 is 0 Å². The quantitative estimate of drug-likeness (QED) is 0.544. The lowest BCUT2D eigenvalue weighted by molar-refractivity contribution is 0.0919. The molecule has 0 saturated carbocycles. The highest BCUT2D eigenvalue weighted by Crippen LogP contribution is 2.10. The second kappa shape index (κ2) is 9.30. The lowest BCUT2D eigenvalue weighted by Gasteiger charge is -2.20. The van der Waals surface area contributed by atoms with Crippen LogP contribution < -0.4 is 16.0 Å². The third-order valence-electron chi connectivity index (χ3n) is 3.82. The monoisotopic (exact) mass is 388 g/mol. The molecule has 0 aromatic heterocycles. The standard InChI is InChI=1S/C21H26F2N4O/c1-21(2,3)27-19(28)15-7-5-6-14(10-15)12-25-20(24-4)26-13-16-11-17(22)8-9-18(16)23/h5-11H,12-13H2,1-4H3,(H,27,28)(H2,24,25,26). The predicted octanol–water partition coefficient (Wildman–Crippen LogP) is 3.36. The molecule has 7 heteroatoms. The van der Waals surface area contributed by atoms with Crippen molar-refractivity contribution in [3.05, 3.63) is 70.8 Å². The minimum atomic E-state index is -0.494. The Labute approximate surface area is 164 Å². The minimum absolute atomic E-state index is 0.0945. The zero-order valence-electron chi connectivity index (χ0n) is 16.6. The number of hydrogen-bond donors (Lipinski definition) is 3. The third-order valence-corrected chi connectivity index (χ3v) is 3.82. The number of carbonyl (C=O) groups excluding carboxylic acids is 1. The first-order valence-corrected chi connectivity index (χ1v) is 8.98. The molecule has 0 aliphatic heterocycles. The molecular weight excluding hydrogens is 362 g/mol. The molecule has 0 fully saturated rings. The van der Waals surface area contributed by atoms with Crippen LogP contribution in [0.15, 0.2) is 47.5 Å². The van der Waals surface area contributed by atoms with E-state index in [1.165, 1.54) is 0 Å². The molecule has 0 saturated heterocycles. The van der Waals surface area contributed by atoms with Gasteiger partial charge in [-0.2, -0.15) is 0 Å². The Bertz CT molecular complexity index is 860. The molecule has 3 N–H and O–H groups in total. The first-order chi connectivity index (χ1) is 13.2. The van der Waals surface area contributed by atoms with Crippen molar-refractivity contribution in [1.29, 1.82) is 0 Å². The van der Waals surface area contributed by atoms with Crippen LogP contribution in [-0.4, -0.2) is 24.5 Å². The molecule has 2 aromatic rings. The van der Waals surface area contributed by atoms with Gasteiger partial charge in [0.15, 0.2) is 5.96 Å². The molecule has 1 amide bonds. The van der Waals surface area contributed by atoms with Crippen molar-refractivity contribution in [3.8, 4) is 0 Å². The third kappa shape index (κ3) is 6.64. The van der Waals surface area contributed by atoms with E-state index in [2.05, 4.69) is 20.9 Å². The fraction of sp³-hybridized carbons (Fsp3) is 0.333. The van der Waals surface area contributed by atoms with Gasteiger partial charge in [-0.05, 0) is 56.7 Å². The Kier molecular flexibility index (Phi) is 7.09. The van der Waals surface area contributed by atoms with E-state index in [1.54, 1.807) is 19.2 Å². The van der Waals surface area contributed by atoms with Gasteiger partial charge in [-0.3, -0.25) is 9.79 Å². The van der Waals surface area contributed by atoms with Crippen molar-refractivity contribution in [1.82, 2.24) is 16.0 Å². The summed E-state index contributed by atoms with van der Waals surface area (Å²) >= 11 is 0. The van der Waals surface area contributed by atoms with Gasteiger partial charge < -0.3 is 16.0 Å². The summed E-state index contributed by atoms with van der Waals surface area (Å²) in [5.74, 6) is -0.681. The number of carbonyl (C=O) groups is 1. The summed E-state index contributed by atoms with van der Waals surface area (Å²) < 4.78 is 27.0. The molecule has 0 aliphatic rings. The lowest BCUT2D eigenvalue weighted by atomic mass is 10.1. The number of rotatable bonds is 5. The summed E-state index contributed by atoms with van der Waals surface area (Å²) in [6.07, 6.45) is 0. The van der Waals surface area contributed by atoms with Crippen LogP contribution in [0.5, 0.6) is 0 Å². The van der Waals surface area contributed by atoms with Gasteiger partial charge in [0, 0.05) is 36.8 Å². The molecular formula is C21H26F2N4O. The topological polar surface area (TPSA) is 65.5 Å². The molecule has 2 rings (SSSR count). The Morgan fingerprint density at radius 1 is 1.04 bits per heavy atom.